The van der Waals surface area contributed by atoms with Crippen LogP contribution in [0.5, 0.6) is 0 Å². The number of fused-ring (bicyclic) bond motifs is 8. The van der Waals surface area contributed by atoms with Gasteiger partial charge in [-0.15, -0.1) is 0 Å². The zero-order chi connectivity index (χ0) is 10.3. The van der Waals surface area contributed by atoms with Gasteiger partial charge >= 0.3 is 0 Å². The molecule has 2 aliphatic heterocycles. The minimum atomic E-state index is 0.784. The van der Waals surface area contributed by atoms with Gasteiger partial charge in [-0.05, 0) is 44.4 Å². The molecular formula is C14H23N. The van der Waals surface area contributed by atoms with Crippen LogP contribution >= 0.6 is 0 Å². The van der Waals surface area contributed by atoms with Crippen molar-refractivity contribution in [2.24, 2.45) is 5.92 Å². The van der Waals surface area contributed by atoms with E-state index in [0.717, 1.165) is 18.5 Å². The molecule has 0 amide bonds. The van der Waals surface area contributed by atoms with E-state index in [4.69, 9.17) is 0 Å². The first-order valence-electron chi connectivity index (χ1n) is 6.50. The van der Waals surface area contributed by atoms with Crippen LogP contribution in [-0.4, -0.2) is 12.6 Å². The molecule has 1 heteroatoms. The maximum absolute atomic E-state index is 3.58. The van der Waals surface area contributed by atoms with Crippen molar-refractivity contribution >= 4 is 0 Å². The van der Waals surface area contributed by atoms with Gasteiger partial charge in [-0.25, -0.2) is 0 Å². The van der Waals surface area contributed by atoms with Crippen LogP contribution in [0.3, 0.4) is 0 Å². The predicted octanol–water partition coefficient (Wildman–Crippen LogP) is 3.43. The lowest BCUT2D eigenvalue weighted by atomic mass is 9.80. The van der Waals surface area contributed by atoms with Gasteiger partial charge in [0.2, 0.25) is 0 Å². The number of rotatable bonds is 0. The molecule has 0 radical (unpaired) electrons. The van der Waals surface area contributed by atoms with Gasteiger partial charge in [-0.2, -0.15) is 0 Å². The molecule has 2 bridgehead atoms. The molecule has 0 aromatic rings. The summed E-state index contributed by atoms with van der Waals surface area (Å²) < 4.78 is 0. The second-order valence-electron chi connectivity index (χ2n) is 4.87. The maximum Gasteiger partial charge on any atom is 0.0137 e. The minimum absolute atomic E-state index is 0.784. The fourth-order valence-electron chi connectivity index (χ4n) is 2.41. The van der Waals surface area contributed by atoms with E-state index in [1.165, 1.54) is 44.9 Å². The number of hydrogen-bond donors (Lipinski definition) is 1. The average molecular weight is 205 g/mol. The van der Waals surface area contributed by atoms with E-state index >= 15 is 0 Å². The van der Waals surface area contributed by atoms with Crippen molar-refractivity contribution < 1.29 is 0 Å². The van der Waals surface area contributed by atoms with Gasteiger partial charge in [0, 0.05) is 12.6 Å². The summed E-state index contributed by atoms with van der Waals surface area (Å²) in [6.45, 7) is 1.07. The summed E-state index contributed by atoms with van der Waals surface area (Å²) in [5.74, 6) is 0.870. The Balaban J connectivity index is 1.76. The molecule has 0 saturated heterocycles. The molecule has 1 nitrogen and oxygen atoms in total. The smallest absolute Gasteiger partial charge is 0.0137 e. The molecule has 1 aliphatic carbocycles. The van der Waals surface area contributed by atoms with Crippen molar-refractivity contribution in [3.05, 3.63) is 24.3 Å². The molecule has 0 unspecified atom stereocenters. The van der Waals surface area contributed by atoms with Crippen LogP contribution in [0.4, 0.5) is 0 Å². The largest absolute Gasteiger partial charge is 0.310 e. The number of nitrogens with one attached hydrogen (secondary N) is 1. The summed E-state index contributed by atoms with van der Waals surface area (Å²) in [4.78, 5) is 0. The molecule has 1 fully saturated rings. The normalized spacial score (nSPS) is 35.2. The Kier molecular flexibility index (Phi) is 4.46. The van der Waals surface area contributed by atoms with E-state index in [9.17, 15) is 0 Å². The fraction of sp³-hybridized carbons (Fsp3) is 0.714. The molecular weight excluding hydrogens is 182 g/mol. The third-order valence-electron chi connectivity index (χ3n) is 3.52. The topological polar surface area (TPSA) is 12.0 Å². The molecule has 15 heavy (non-hydrogen) atoms. The molecule has 1 saturated carbocycles. The van der Waals surface area contributed by atoms with Crippen LogP contribution in [0.25, 0.3) is 0 Å². The lowest BCUT2D eigenvalue weighted by molar-refractivity contribution is 0.275. The molecule has 0 spiro atoms. The zero-order valence-electron chi connectivity index (χ0n) is 9.62. The molecule has 3 aliphatic rings. The summed E-state index contributed by atoms with van der Waals surface area (Å²) in [6, 6.07) is 0.784. The minimum Gasteiger partial charge on any atom is -0.310 e. The molecule has 0 aromatic heterocycles. The van der Waals surface area contributed by atoms with Gasteiger partial charge in [-0.1, -0.05) is 30.7 Å². The summed E-state index contributed by atoms with van der Waals surface area (Å²) in [5, 5.41) is 3.58. The fourth-order valence-corrected chi connectivity index (χ4v) is 2.41. The van der Waals surface area contributed by atoms with Crippen molar-refractivity contribution in [2.75, 3.05) is 6.54 Å². The first kappa shape index (κ1) is 10.9. The third kappa shape index (κ3) is 3.83. The first-order valence-corrected chi connectivity index (χ1v) is 6.50. The lowest BCUT2D eigenvalue weighted by Crippen LogP contribution is -2.40. The third-order valence-corrected chi connectivity index (χ3v) is 3.52. The highest BCUT2D eigenvalue weighted by atomic mass is 14.9. The quantitative estimate of drug-likeness (QED) is 0.597. The second-order valence-corrected chi connectivity index (χ2v) is 4.87. The monoisotopic (exact) mass is 205 g/mol. The van der Waals surface area contributed by atoms with Gasteiger partial charge in [0.1, 0.15) is 0 Å². The van der Waals surface area contributed by atoms with Gasteiger partial charge in [0.15, 0.2) is 0 Å². The second kappa shape index (κ2) is 6.12. The SMILES string of the molecule is C1=CCNC2CC(/C=C\CCCCC1)C2. The van der Waals surface area contributed by atoms with Crippen molar-refractivity contribution in [1.29, 1.82) is 0 Å². The molecule has 0 atom stereocenters. The van der Waals surface area contributed by atoms with E-state index < -0.39 is 0 Å². The van der Waals surface area contributed by atoms with Crippen molar-refractivity contribution in [3.8, 4) is 0 Å². The molecule has 84 valence electrons. The van der Waals surface area contributed by atoms with Crippen LogP contribution in [0.1, 0.15) is 44.9 Å². The van der Waals surface area contributed by atoms with Crippen LogP contribution in [0, 0.1) is 5.92 Å². The van der Waals surface area contributed by atoms with Crippen LogP contribution in [0.15, 0.2) is 24.3 Å². The summed E-state index contributed by atoms with van der Waals surface area (Å²) in [5.41, 5.74) is 0. The van der Waals surface area contributed by atoms with E-state index in [0.29, 0.717) is 0 Å². The van der Waals surface area contributed by atoms with Crippen molar-refractivity contribution in [1.82, 2.24) is 5.32 Å². The zero-order valence-corrected chi connectivity index (χ0v) is 9.62. The summed E-state index contributed by atoms with van der Waals surface area (Å²) >= 11 is 0. The van der Waals surface area contributed by atoms with Crippen molar-refractivity contribution in [2.45, 2.75) is 51.0 Å². The summed E-state index contributed by atoms with van der Waals surface area (Å²) in [7, 11) is 0. The Labute approximate surface area is 93.6 Å². The van der Waals surface area contributed by atoms with Crippen LogP contribution < -0.4 is 5.32 Å². The highest BCUT2D eigenvalue weighted by Crippen LogP contribution is 2.28. The Morgan fingerprint density at radius 3 is 2.53 bits per heavy atom. The molecule has 1 N–H and O–H groups in total. The first-order chi connectivity index (χ1) is 7.45. The molecule has 2 heterocycles. The standard InChI is InChI=1S/C14H23N/c1-2-4-6-8-10-15-14-11-13(12-14)9-7-5-3-1/h6-9,13-15H,1-5,10-12H2/b8-6?,9-7-. The summed E-state index contributed by atoms with van der Waals surface area (Å²) in [6.07, 6.45) is 18.9. The maximum atomic E-state index is 3.58. The van der Waals surface area contributed by atoms with E-state index in [1.54, 1.807) is 0 Å². The Morgan fingerprint density at radius 2 is 1.67 bits per heavy atom. The van der Waals surface area contributed by atoms with Crippen LogP contribution in [-0.2, 0) is 0 Å². The lowest BCUT2D eigenvalue weighted by Gasteiger charge is -2.34. The van der Waals surface area contributed by atoms with Gasteiger partial charge in [-0.3, -0.25) is 0 Å². The Morgan fingerprint density at radius 1 is 0.867 bits per heavy atom. The highest BCUT2D eigenvalue weighted by Gasteiger charge is 2.25. The Bertz CT molecular complexity index is 221. The van der Waals surface area contributed by atoms with E-state index in [1.807, 2.05) is 0 Å². The highest BCUT2D eigenvalue weighted by molar-refractivity contribution is 4.99. The molecule has 0 aromatic carbocycles. The number of allylic oxidation sites excluding steroid dienone is 3. The van der Waals surface area contributed by atoms with Crippen molar-refractivity contribution in [3.63, 3.8) is 0 Å². The predicted molar refractivity (Wildman–Crippen MR) is 65.9 cm³/mol. The number of hydrogen-bond acceptors (Lipinski definition) is 1. The van der Waals surface area contributed by atoms with E-state index in [-0.39, 0.29) is 0 Å². The van der Waals surface area contributed by atoms with Gasteiger partial charge in [0.25, 0.3) is 0 Å². The average Bonchev–Trinajstić information content (AvgIpc) is 2.20. The Hall–Kier alpha value is -0.560. The van der Waals surface area contributed by atoms with Gasteiger partial charge < -0.3 is 5.32 Å². The molecule has 3 rings (SSSR count). The van der Waals surface area contributed by atoms with Gasteiger partial charge in [0.05, 0.1) is 0 Å². The van der Waals surface area contributed by atoms with Crippen LogP contribution in [0.2, 0.25) is 0 Å². The van der Waals surface area contributed by atoms with E-state index in [2.05, 4.69) is 29.6 Å².